The highest BCUT2D eigenvalue weighted by molar-refractivity contribution is 7.89. The molecule has 1 aromatic rings. The van der Waals surface area contributed by atoms with Crippen LogP contribution in [0.1, 0.15) is 37.7 Å². The first-order valence-electron chi connectivity index (χ1n) is 8.85. The number of sulfonamides is 1. The van der Waals surface area contributed by atoms with Crippen LogP contribution in [0.25, 0.3) is 0 Å². The van der Waals surface area contributed by atoms with E-state index in [9.17, 15) is 18.0 Å². The predicted octanol–water partition coefficient (Wildman–Crippen LogP) is 1.73. The summed E-state index contributed by atoms with van der Waals surface area (Å²) in [6.45, 7) is 1.50. The summed E-state index contributed by atoms with van der Waals surface area (Å²) in [6.07, 6.45) is 3.44. The normalized spacial score (nSPS) is 15.6. The molecule has 0 saturated carbocycles. The lowest BCUT2D eigenvalue weighted by Gasteiger charge is -2.25. The van der Waals surface area contributed by atoms with E-state index in [-0.39, 0.29) is 23.6 Å². The Kier molecular flexibility index (Phi) is 7.16. The topological polar surface area (TPSA) is 95.0 Å². The van der Waals surface area contributed by atoms with Gasteiger partial charge in [-0.05, 0) is 37.0 Å². The lowest BCUT2D eigenvalue weighted by molar-refractivity contribution is -0.138. The molecule has 0 atom stereocenters. The number of rotatable bonds is 8. The Morgan fingerprint density at radius 3 is 2.31 bits per heavy atom. The van der Waals surface area contributed by atoms with Crippen LogP contribution in [0.5, 0.6) is 0 Å². The number of likely N-dealkylation sites (N-methyl/N-ethyl adjacent to an activating group) is 1. The quantitative estimate of drug-likeness (QED) is 0.739. The number of carbonyl (C=O) groups is 2. The highest BCUT2D eigenvalue weighted by atomic mass is 32.2. The van der Waals surface area contributed by atoms with Gasteiger partial charge in [0, 0.05) is 33.1 Å². The molecule has 1 fully saturated rings. The van der Waals surface area contributed by atoms with E-state index in [0.29, 0.717) is 26.1 Å². The number of amides is 1. The highest BCUT2D eigenvalue weighted by Gasteiger charge is 2.25. The Bertz CT molecular complexity index is 724. The zero-order valence-electron chi connectivity index (χ0n) is 15.1. The van der Waals surface area contributed by atoms with Crippen molar-refractivity contribution in [3.05, 3.63) is 29.8 Å². The number of nitrogens with zero attached hydrogens (tertiary/aromatic N) is 2. The molecule has 0 aromatic heterocycles. The Morgan fingerprint density at radius 1 is 1.12 bits per heavy atom. The van der Waals surface area contributed by atoms with Crippen molar-refractivity contribution in [2.45, 2.75) is 43.4 Å². The minimum absolute atomic E-state index is 0.0284. The van der Waals surface area contributed by atoms with E-state index in [2.05, 4.69) is 0 Å². The van der Waals surface area contributed by atoms with E-state index < -0.39 is 16.0 Å². The van der Waals surface area contributed by atoms with Crippen molar-refractivity contribution in [3.63, 3.8) is 0 Å². The summed E-state index contributed by atoms with van der Waals surface area (Å²) in [7, 11) is -1.82. The van der Waals surface area contributed by atoms with Crippen LogP contribution in [-0.4, -0.2) is 61.3 Å². The third-order valence-electron chi connectivity index (χ3n) is 4.54. The molecule has 1 heterocycles. The number of carboxylic acid groups (broad SMARTS) is 1. The first kappa shape index (κ1) is 20.4. The standard InChI is InChI=1S/C18H26N2O5S/c1-19(11-5-6-18(22)23)17(21)14-15-7-9-16(10-8-15)26(24,25)20-12-3-2-4-13-20/h7-10H,2-6,11-14H2,1H3,(H,22,23). The predicted molar refractivity (Wildman–Crippen MR) is 97.3 cm³/mol. The lowest BCUT2D eigenvalue weighted by atomic mass is 10.1. The molecule has 0 aliphatic carbocycles. The van der Waals surface area contributed by atoms with Crippen molar-refractivity contribution in [2.75, 3.05) is 26.7 Å². The van der Waals surface area contributed by atoms with Crippen LogP contribution in [0.2, 0.25) is 0 Å². The second-order valence-corrected chi connectivity index (χ2v) is 8.54. The van der Waals surface area contributed by atoms with Crippen molar-refractivity contribution in [3.8, 4) is 0 Å². The summed E-state index contributed by atoms with van der Waals surface area (Å²) in [4.78, 5) is 24.4. The molecule has 144 valence electrons. The van der Waals surface area contributed by atoms with Crippen LogP contribution in [-0.2, 0) is 26.0 Å². The second kappa shape index (κ2) is 9.14. The van der Waals surface area contributed by atoms with Crippen molar-refractivity contribution in [1.29, 1.82) is 0 Å². The molecule has 1 N–H and O–H groups in total. The van der Waals surface area contributed by atoms with Gasteiger partial charge in [0.1, 0.15) is 0 Å². The van der Waals surface area contributed by atoms with E-state index in [4.69, 9.17) is 5.11 Å². The molecule has 8 heteroatoms. The SMILES string of the molecule is CN(CCCC(=O)O)C(=O)Cc1ccc(S(=O)(=O)N2CCCCC2)cc1. The van der Waals surface area contributed by atoms with Crippen LogP contribution < -0.4 is 0 Å². The van der Waals surface area contributed by atoms with Gasteiger partial charge in [-0.25, -0.2) is 8.42 Å². The average molecular weight is 382 g/mol. The van der Waals surface area contributed by atoms with Crippen molar-refractivity contribution >= 4 is 21.9 Å². The minimum Gasteiger partial charge on any atom is -0.481 e. The number of hydrogen-bond donors (Lipinski definition) is 1. The molecule has 0 unspecified atom stereocenters. The van der Waals surface area contributed by atoms with Gasteiger partial charge in [0.15, 0.2) is 0 Å². The van der Waals surface area contributed by atoms with Gasteiger partial charge in [-0.2, -0.15) is 4.31 Å². The summed E-state index contributed by atoms with van der Waals surface area (Å²) in [5.74, 6) is -1.00. The van der Waals surface area contributed by atoms with Gasteiger partial charge in [-0.1, -0.05) is 18.6 Å². The third-order valence-corrected chi connectivity index (χ3v) is 6.45. The number of carboxylic acids is 1. The van der Waals surface area contributed by atoms with Crippen LogP contribution in [0, 0.1) is 0 Å². The van der Waals surface area contributed by atoms with Gasteiger partial charge in [0.2, 0.25) is 15.9 Å². The van der Waals surface area contributed by atoms with Gasteiger partial charge in [-0.3, -0.25) is 9.59 Å². The highest BCUT2D eigenvalue weighted by Crippen LogP contribution is 2.21. The molecule has 0 radical (unpaired) electrons. The van der Waals surface area contributed by atoms with Crippen molar-refractivity contribution in [2.24, 2.45) is 0 Å². The smallest absolute Gasteiger partial charge is 0.303 e. The Balaban J connectivity index is 1.94. The fourth-order valence-corrected chi connectivity index (χ4v) is 4.45. The third kappa shape index (κ3) is 5.54. The Labute approximate surface area is 154 Å². The molecule has 7 nitrogen and oxygen atoms in total. The second-order valence-electron chi connectivity index (χ2n) is 6.60. The van der Waals surface area contributed by atoms with Crippen LogP contribution in [0.15, 0.2) is 29.2 Å². The first-order valence-corrected chi connectivity index (χ1v) is 10.3. The molecule has 26 heavy (non-hydrogen) atoms. The van der Waals surface area contributed by atoms with E-state index >= 15 is 0 Å². The van der Waals surface area contributed by atoms with E-state index in [1.807, 2.05) is 0 Å². The fourth-order valence-electron chi connectivity index (χ4n) is 2.94. The maximum absolute atomic E-state index is 12.6. The lowest BCUT2D eigenvalue weighted by Crippen LogP contribution is -2.35. The summed E-state index contributed by atoms with van der Waals surface area (Å²) < 4.78 is 26.7. The van der Waals surface area contributed by atoms with Gasteiger partial charge in [0.05, 0.1) is 11.3 Å². The molecule has 1 aromatic carbocycles. The number of benzene rings is 1. The largest absolute Gasteiger partial charge is 0.481 e. The molecule has 1 amide bonds. The molecule has 0 bridgehead atoms. The molecule has 1 aliphatic rings. The molecule has 0 spiro atoms. The maximum atomic E-state index is 12.6. The van der Waals surface area contributed by atoms with Crippen molar-refractivity contribution < 1.29 is 23.1 Å². The number of hydrogen-bond acceptors (Lipinski definition) is 4. The summed E-state index contributed by atoms with van der Waals surface area (Å²) in [5, 5.41) is 8.63. The number of carbonyl (C=O) groups excluding carboxylic acids is 1. The average Bonchev–Trinajstić information content (AvgIpc) is 2.62. The number of aliphatic carboxylic acids is 1. The minimum atomic E-state index is -3.46. The first-order chi connectivity index (χ1) is 12.3. The van der Waals surface area contributed by atoms with Gasteiger partial charge in [-0.15, -0.1) is 0 Å². The zero-order valence-corrected chi connectivity index (χ0v) is 15.9. The number of piperidine rings is 1. The van der Waals surface area contributed by atoms with Crippen LogP contribution in [0.3, 0.4) is 0 Å². The Hall–Kier alpha value is -1.93. The molecule has 2 rings (SSSR count). The van der Waals surface area contributed by atoms with Crippen LogP contribution in [0.4, 0.5) is 0 Å². The van der Waals surface area contributed by atoms with Gasteiger partial charge >= 0.3 is 5.97 Å². The molecular formula is C18H26N2O5S. The van der Waals surface area contributed by atoms with Crippen LogP contribution >= 0.6 is 0 Å². The van der Waals surface area contributed by atoms with E-state index in [1.54, 1.807) is 31.3 Å². The van der Waals surface area contributed by atoms with E-state index in [0.717, 1.165) is 24.8 Å². The summed E-state index contributed by atoms with van der Waals surface area (Å²) >= 11 is 0. The maximum Gasteiger partial charge on any atom is 0.303 e. The molecule has 1 aliphatic heterocycles. The van der Waals surface area contributed by atoms with Crippen molar-refractivity contribution in [1.82, 2.24) is 9.21 Å². The molecular weight excluding hydrogens is 356 g/mol. The fraction of sp³-hybridized carbons (Fsp3) is 0.556. The zero-order chi connectivity index (χ0) is 19.2. The van der Waals surface area contributed by atoms with Gasteiger partial charge < -0.3 is 10.0 Å². The van der Waals surface area contributed by atoms with E-state index in [1.165, 1.54) is 9.21 Å². The molecule has 1 saturated heterocycles. The summed E-state index contributed by atoms with van der Waals surface area (Å²) in [6, 6.07) is 6.44. The monoisotopic (exact) mass is 382 g/mol. The van der Waals surface area contributed by atoms with Gasteiger partial charge in [0.25, 0.3) is 0 Å². The summed E-state index contributed by atoms with van der Waals surface area (Å²) in [5.41, 5.74) is 0.734. The Morgan fingerprint density at radius 2 is 1.73 bits per heavy atom.